The molecule has 0 radical (unpaired) electrons. The van der Waals surface area contributed by atoms with Crippen LogP contribution in [0.5, 0.6) is 0 Å². The van der Waals surface area contributed by atoms with Gasteiger partial charge in [-0.05, 0) is 43.3 Å². The number of benzene rings is 1. The molecule has 0 spiro atoms. The first-order valence-electron chi connectivity index (χ1n) is 7.93. The van der Waals surface area contributed by atoms with Gasteiger partial charge in [0.15, 0.2) is 5.13 Å². The van der Waals surface area contributed by atoms with E-state index in [1.165, 1.54) is 12.4 Å². The zero-order chi connectivity index (χ0) is 19.6. The Morgan fingerprint density at radius 1 is 1.15 bits per heavy atom. The molecule has 138 valence electrons. The number of nitrogens with zero attached hydrogens (tertiary/aromatic N) is 3. The minimum Gasteiger partial charge on any atom is -0.382 e. The number of carbonyl (C=O) groups excluding carboxylic acids is 2. The fourth-order valence-corrected chi connectivity index (χ4v) is 3.62. The van der Waals surface area contributed by atoms with Crippen molar-refractivity contribution >= 4 is 51.3 Å². The molecule has 1 amide bonds. The van der Waals surface area contributed by atoms with E-state index in [9.17, 15) is 9.59 Å². The van der Waals surface area contributed by atoms with Crippen molar-refractivity contribution in [3.05, 3.63) is 64.3 Å². The van der Waals surface area contributed by atoms with Crippen LogP contribution in [-0.4, -0.2) is 27.7 Å². The molecule has 0 aliphatic rings. The van der Waals surface area contributed by atoms with E-state index in [1.54, 1.807) is 48.2 Å². The molecule has 0 aliphatic heterocycles. The number of hydrogen-bond donors (Lipinski definition) is 2. The summed E-state index contributed by atoms with van der Waals surface area (Å²) in [5.74, 6) is -0.713. The topological polar surface area (TPSA) is 115 Å². The van der Waals surface area contributed by atoms with E-state index in [4.69, 9.17) is 23.1 Å². The van der Waals surface area contributed by atoms with Gasteiger partial charge in [0.1, 0.15) is 16.7 Å². The molecule has 27 heavy (non-hydrogen) atoms. The van der Waals surface area contributed by atoms with Crippen molar-refractivity contribution < 1.29 is 9.59 Å². The van der Waals surface area contributed by atoms with E-state index in [-0.39, 0.29) is 16.5 Å². The van der Waals surface area contributed by atoms with E-state index in [2.05, 4.69) is 9.97 Å². The second kappa shape index (κ2) is 7.73. The van der Waals surface area contributed by atoms with Gasteiger partial charge in [0.05, 0.1) is 0 Å². The molecule has 9 heteroatoms. The van der Waals surface area contributed by atoms with E-state index >= 15 is 0 Å². The minimum atomic E-state index is -0.708. The van der Waals surface area contributed by atoms with Gasteiger partial charge in [-0.1, -0.05) is 22.9 Å². The first-order valence-corrected chi connectivity index (χ1v) is 9.13. The van der Waals surface area contributed by atoms with Crippen LogP contribution in [0.15, 0.2) is 48.8 Å². The van der Waals surface area contributed by atoms with Crippen molar-refractivity contribution in [1.82, 2.24) is 9.97 Å². The maximum atomic E-state index is 12.7. The lowest BCUT2D eigenvalue weighted by molar-refractivity contribution is -0.118. The average molecular weight is 402 g/mol. The normalized spacial score (nSPS) is 11.8. The van der Waals surface area contributed by atoms with E-state index in [1.807, 2.05) is 0 Å². The minimum absolute atomic E-state index is 0.0902. The van der Waals surface area contributed by atoms with Gasteiger partial charge in [0, 0.05) is 28.7 Å². The second-order valence-corrected chi connectivity index (χ2v) is 7.11. The van der Waals surface area contributed by atoms with Crippen LogP contribution in [0.2, 0.25) is 5.02 Å². The van der Waals surface area contributed by atoms with Crippen molar-refractivity contribution in [3.8, 4) is 0 Å². The molecule has 1 atom stereocenters. The summed E-state index contributed by atoms with van der Waals surface area (Å²) in [5.41, 5.74) is 12.6. The van der Waals surface area contributed by atoms with Gasteiger partial charge in [-0.3, -0.25) is 14.6 Å². The molecule has 3 rings (SSSR count). The summed E-state index contributed by atoms with van der Waals surface area (Å²) < 4.78 is 0. The van der Waals surface area contributed by atoms with Crippen LogP contribution < -0.4 is 16.4 Å². The van der Waals surface area contributed by atoms with Crippen LogP contribution in [0.25, 0.3) is 0 Å². The molecule has 0 unspecified atom stereocenters. The molecule has 0 fully saturated rings. The second-order valence-electron chi connectivity index (χ2n) is 5.70. The zero-order valence-corrected chi connectivity index (χ0v) is 15.9. The fraction of sp³-hybridized carbons (Fsp3) is 0.111. The predicted octanol–water partition coefficient (Wildman–Crippen LogP) is 3.02. The lowest BCUT2D eigenvalue weighted by Crippen LogP contribution is -2.39. The summed E-state index contributed by atoms with van der Waals surface area (Å²) in [7, 11) is 0. The molecule has 1 aromatic carbocycles. The molecule has 4 N–H and O–H groups in total. The molecule has 0 saturated heterocycles. The Labute approximate surface area is 164 Å². The molecule has 2 aromatic heterocycles. The number of primary amides is 1. The van der Waals surface area contributed by atoms with Gasteiger partial charge >= 0.3 is 0 Å². The number of halogens is 1. The number of carbonyl (C=O) groups is 2. The number of ketones is 1. The number of nitrogen functional groups attached to an aromatic ring is 1. The molecule has 0 saturated carbocycles. The van der Waals surface area contributed by atoms with Gasteiger partial charge in [0.25, 0.3) is 0 Å². The van der Waals surface area contributed by atoms with Crippen molar-refractivity contribution in [2.45, 2.75) is 13.0 Å². The standard InChI is InChI=1S/C18H16ClN5O2S/c1-10(17(21)26)24(13-4-2-12(19)3-5-13)18-23-16(20)15(27-18)14(25)11-6-8-22-9-7-11/h2-10H,20H2,1H3,(H2,21,26)/t10-/m1/s1. The maximum absolute atomic E-state index is 12.7. The SMILES string of the molecule is C[C@H](C(N)=O)N(c1ccc(Cl)cc1)c1nc(N)c(C(=O)c2ccncc2)s1. The highest BCUT2D eigenvalue weighted by molar-refractivity contribution is 7.18. The lowest BCUT2D eigenvalue weighted by atomic mass is 10.1. The number of thiazole rings is 1. The molecule has 0 aliphatic carbocycles. The Hall–Kier alpha value is -2.97. The largest absolute Gasteiger partial charge is 0.382 e. The number of nitrogens with two attached hydrogens (primary N) is 2. The van der Waals surface area contributed by atoms with Gasteiger partial charge in [0.2, 0.25) is 11.7 Å². The van der Waals surface area contributed by atoms with Crippen molar-refractivity contribution in [2.24, 2.45) is 5.73 Å². The van der Waals surface area contributed by atoms with Gasteiger partial charge in [-0.2, -0.15) is 0 Å². The summed E-state index contributed by atoms with van der Waals surface area (Å²) in [6, 6.07) is 9.36. The van der Waals surface area contributed by atoms with Crippen molar-refractivity contribution in [3.63, 3.8) is 0 Å². The monoisotopic (exact) mass is 401 g/mol. The van der Waals surface area contributed by atoms with Crippen LogP contribution in [0.1, 0.15) is 22.2 Å². The number of rotatable bonds is 6. The third-order valence-corrected chi connectivity index (χ3v) is 5.22. The third kappa shape index (κ3) is 3.91. The number of anilines is 3. The molecule has 7 nitrogen and oxygen atoms in total. The van der Waals surface area contributed by atoms with E-state index in [0.29, 0.717) is 21.4 Å². The Morgan fingerprint density at radius 2 is 1.78 bits per heavy atom. The summed E-state index contributed by atoms with van der Waals surface area (Å²) in [6.07, 6.45) is 3.06. The summed E-state index contributed by atoms with van der Waals surface area (Å²) in [4.78, 5) is 34.7. The molecular weight excluding hydrogens is 386 g/mol. The Morgan fingerprint density at radius 3 is 2.37 bits per heavy atom. The smallest absolute Gasteiger partial charge is 0.240 e. The Bertz CT molecular complexity index is 975. The summed E-state index contributed by atoms with van der Waals surface area (Å²) in [6.45, 7) is 1.65. The van der Waals surface area contributed by atoms with Crippen molar-refractivity contribution in [2.75, 3.05) is 10.6 Å². The summed E-state index contributed by atoms with van der Waals surface area (Å²) >= 11 is 7.04. The lowest BCUT2D eigenvalue weighted by Gasteiger charge is -2.26. The molecular formula is C18H16ClN5O2S. The molecule has 0 bridgehead atoms. The maximum Gasteiger partial charge on any atom is 0.240 e. The average Bonchev–Trinajstić information content (AvgIpc) is 3.04. The highest BCUT2D eigenvalue weighted by Crippen LogP contribution is 2.36. The van der Waals surface area contributed by atoms with Gasteiger partial charge in [-0.15, -0.1) is 0 Å². The van der Waals surface area contributed by atoms with Crippen LogP contribution >= 0.6 is 22.9 Å². The number of hydrogen-bond acceptors (Lipinski definition) is 7. The van der Waals surface area contributed by atoms with Crippen LogP contribution in [0.3, 0.4) is 0 Å². The number of amides is 1. The molecule has 2 heterocycles. The Kier molecular flexibility index (Phi) is 5.38. The van der Waals surface area contributed by atoms with Gasteiger partial charge in [-0.25, -0.2) is 4.98 Å². The van der Waals surface area contributed by atoms with Crippen LogP contribution in [0.4, 0.5) is 16.6 Å². The van der Waals surface area contributed by atoms with E-state index in [0.717, 1.165) is 11.3 Å². The number of pyridine rings is 1. The third-order valence-electron chi connectivity index (χ3n) is 3.90. The fourth-order valence-electron chi connectivity index (χ4n) is 2.45. The van der Waals surface area contributed by atoms with Crippen molar-refractivity contribution in [1.29, 1.82) is 0 Å². The predicted molar refractivity (Wildman–Crippen MR) is 106 cm³/mol. The first-order chi connectivity index (χ1) is 12.9. The highest BCUT2D eigenvalue weighted by atomic mass is 35.5. The highest BCUT2D eigenvalue weighted by Gasteiger charge is 2.27. The first kappa shape index (κ1) is 18.8. The van der Waals surface area contributed by atoms with Crippen LogP contribution in [-0.2, 0) is 4.79 Å². The summed E-state index contributed by atoms with van der Waals surface area (Å²) in [5, 5.41) is 0.941. The molecule has 3 aromatic rings. The van der Waals surface area contributed by atoms with E-state index < -0.39 is 11.9 Å². The number of aromatic nitrogens is 2. The Balaban J connectivity index is 2.04. The quantitative estimate of drug-likeness (QED) is 0.613. The zero-order valence-electron chi connectivity index (χ0n) is 14.3. The van der Waals surface area contributed by atoms with Gasteiger partial charge < -0.3 is 16.4 Å². The van der Waals surface area contributed by atoms with Crippen LogP contribution in [0, 0.1) is 0 Å².